The van der Waals surface area contributed by atoms with Gasteiger partial charge in [-0.3, -0.25) is 0 Å². The van der Waals surface area contributed by atoms with Crippen molar-refractivity contribution in [1.29, 1.82) is 0 Å². The molecule has 0 saturated carbocycles. The molecule has 140 valence electrons. The van der Waals surface area contributed by atoms with Crippen LogP contribution < -0.4 is 20.1 Å². The fourth-order valence-corrected chi connectivity index (χ4v) is 2.56. The lowest BCUT2D eigenvalue weighted by Gasteiger charge is -2.13. The fourth-order valence-electron chi connectivity index (χ4n) is 2.56. The van der Waals surface area contributed by atoms with E-state index in [1.54, 1.807) is 38.5 Å². The molecular formula is C20H21FN4O2. The Bertz CT molecular complexity index is 916. The van der Waals surface area contributed by atoms with E-state index >= 15 is 0 Å². The van der Waals surface area contributed by atoms with E-state index in [9.17, 15) is 4.39 Å². The van der Waals surface area contributed by atoms with Crippen LogP contribution in [-0.2, 0) is 6.54 Å². The van der Waals surface area contributed by atoms with E-state index in [1.165, 1.54) is 12.1 Å². The summed E-state index contributed by atoms with van der Waals surface area (Å²) in [5.74, 6) is 3.02. The SMILES string of the molecule is COc1ccc(Nc2cc(NCc3ccc(F)cc3)nc(C)n2)c(OC)c1. The Balaban J connectivity index is 1.76. The van der Waals surface area contributed by atoms with Gasteiger partial charge in [0.25, 0.3) is 0 Å². The number of hydrogen-bond acceptors (Lipinski definition) is 6. The third-order valence-corrected chi connectivity index (χ3v) is 3.90. The predicted octanol–water partition coefficient (Wildman–Crippen LogP) is 4.30. The Labute approximate surface area is 157 Å². The quantitative estimate of drug-likeness (QED) is 0.648. The molecule has 2 N–H and O–H groups in total. The third kappa shape index (κ3) is 4.84. The average Bonchev–Trinajstić information content (AvgIpc) is 2.67. The highest BCUT2D eigenvalue weighted by atomic mass is 19.1. The summed E-state index contributed by atoms with van der Waals surface area (Å²) >= 11 is 0. The Hall–Kier alpha value is -3.35. The number of hydrogen-bond donors (Lipinski definition) is 2. The zero-order chi connectivity index (χ0) is 19.2. The first kappa shape index (κ1) is 18.4. The third-order valence-electron chi connectivity index (χ3n) is 3.90. The monoisotopic (exact) mass is 368 g/mol. The molecule has 1 aromatic heterocycles. The van der Waals surface area contributed by atoms with Crippen LogP contribution in [0.3, 0.4) is 0 Å². The van der Waals surface area contributed by atoms with E-state index < -0.39 is 0 Å². The maximum absolute atomic E-state index is 13.0. The predicted molar refractivity (Wildman–Crippen MR) is 103 cm³/mol. The molecule has 0 saturated heterocycles. The van der Waals surface area contributed by atoms with Crippen LogP contribution >= 0.6 is 0 Å². The number of anilines is 3. The van der Waals surface area contributed by atoms with E-state index in [1.807, 2.05) is 19.1 Å². The number of rotatable bonds is 7. The van der Waals surface area contributed by atoms with Gasteiger partial charge in [-0.15, -0.1) is 0 Å². The van der Waals surface area contributed by atoms with Crippen molar-refractivity contribution in [2.24, 2.45) is 0 Å². The number of aryl methyl sites for hydroxylation is 1. The Morgan fingerprint density at radius 1 is 0.926 bits per heavy atom. The normalized spacial score (nSPS) is 10.4. The van der Waals surface area contributed by atoms with Crippen molar-refractivity contribution in [2.75, 3.05) is 24.9 Å². The number of nitrogens with one attached hydrogen (secondary N) is 2. The Kier molecular flexibility index (Phi) is 5.71. The van der Waals surface area contributed by atoms with Gasteiger partial charge in [-0.05, 0) is 36.8 Å². The lowest BCUT2D eigenvalue weighted by molar-refractivity contribution is 0.395. The molecule has 3 aromatic rings. The molecule has 0 bridgehead atoms. The molecule has 6 nitrogen and oxygen atoms in total. The Morgan fingerprint density at radius 3 is 2.37 bits per heavy atom. The van der Waals surface area contributed by atoms with Gasteiger partial charge in [0.2, 0.25) is 0 Å². The van der Waals surface area contributed by atoms with Gasteiger partial charge < -0.3 is 20.1 Å². The van der Waals surface area contributed by atoms with E-state index in [0.29, 0.717) is 35.5 Å². The second-order valence-electron chi connectivity index (χ2n) is 5.86. The lowest BCUT2D eigenvalue weighted by atomic mass is 10.2. The second kappa shape index (κ2) is 8.35. The summed E-state index contributed by atoms with van der Waals surface area (Å²) in [5, 5.41) is 6.47. The summed E-state index contributed by atoms with van der Waals surface area (Å²) in [6, 6.07) is 13.6. The molecule has 0 aliphatic heterocycles. The van der Waals surface area contributed by atoms with Crippen LogP contribution in [0.2, 0.25) is 0 Å². The molecule has 2 aromatic carbocycles. The maximum atomic E-state index is 13.0. The number of ether oxygens (including phenoxy) is 2. The van der Waals surface area contributed by atoms with Crippen molar-refractivity contribution in [3.05, 3.63) is 65.7 Å². The summed E-state index contributed by atoms with van der Waals surface area (Å²) in [7, 11) is 3.20. The summed E-state index contributed by atoms with van der Waals surface area (Å²) in [6.07, 6.45) is 0. The summed E-state index contributed by atoms with van der Waals surface area (Å²) in [6.45, 7) is 2.35. The second-order valence-corrected chi connectivity index (χ2v) is 5.86. The smallest absolute Gasteiger partial charge is 0.146 e. The van der Waals surface area contributed by atoms with Crippen LogP contribution in [0.1, 0.15) is 11.4 Å². The van der Waals surface area contributed by atoms with E-state index in [0.717, 1.165) is 11.3 Å². The minimum Gasteiger partial charge on any atom is -0.497 e. The molecule has 3 rings (SSSR count). The lowest BCUT2D eigenvalue weighted by Crippen LogP contribution is -2.05. The minimum absolute atomic E-state index is 0.253. The molecule has 0 atom stereocenters. The average molecular weight is 368 g/mol. The van der Waals surface area contributed by atoms with Crippen molar-refractivity contribution in [3.8, 4) is 11.5 Å². The molecule has 0 radical (unpaired) electrons. The van der Waals surface area contributed by atoms with Crippen LogP contribution in [0.5, 0.6) is 11.5 Å². The molecule has 0 spiro atoms. The zero-order valence-electron chi connectivity index (χ0n) is 15.4. The summed E-state index contributed by atoms with van der Waals surface area (Å²) < 4.78 is 23.6. The first-order valence-corrected chi connectivity index (χ1v) is 8.40. The molecule has 0 aliphatic rings. The first-order chi connectivity index (χ1) is 13.1. The van der Waals surface area contributed by atoms with Crippen LogP contribution in [0.25, 0.3) is 0 Å². The standard InChI is InChI=1S/C20H21FN4O2/c1-13-23-19(22-12-14-4-6-15(21)7-5-14)11-20(24-13)25-17-9-8-16(26-2)10-18(17)27-3/h4-11H,12H2,1-3H3,(H2,22,23,24,25). The highest BCUT2D eigenvalue weighted by Crippen LogP contribution is 2.31. The molecule has 0 amide bonds. The van der Waals surface area contributed by atoms with Gasteiger partial charge in [0.05, 0.1) is 19.9 Å². The van der Waals surface area contributed by atoms with Crippen LogP contribution in [-0.4, -0.2) is 24.2 Å². The van der Waals surface area contributed by atoms with E-state index in [-0.39, 0.29) is 5.82 Å². The molecular weight excluding hydrogens is 347 g/mol. The van der Waals surface area contributed by atoms with E-state index in [4.69, 9.17) is 9.47 Å². The highest BCUT2D eigenvalue weighted by Gasteiger charge is 2.08. The number of methoxy groups -OCH3 is 2. The molecule has 0 aliphatic carbocycles. The van der Waals surface area contributed by atoms with Gasteiger partial charge in [0.15, 0.2) is 0 Å². The van der Waals surface area contributed by atoms with Crippen molar-refractivity contribution < 1.29 is 13.9 Å². The first-order valence-electron chi connectivity index (χ1n) is 8.40. The summed E-state index contributed by atoms with van der Waals surface area (Å²) in [5.41, 5.74) is 1.72. The topological polar surface area (TPSA) is 68.3 Å². The summed E-state index contributed by atoms with van der Waals surface area (Å²) in [4.78, 5) is 8.81. The Morgan fingerprint density at radius 2 is 1.67 bits per heavy atom. The number of nitrogens with zero attached hydrogens (tertiary/aromatic N) is 2. The van der Waals surface area contributed by atoms with Crippen molar-refractivity contribution in [1.82, 2.24) is 9.97 Å². The fraction of sp³-hybridized carbons (Fsp3) is 0.200. The van der Waals surface area contributed by atoms with Gasteiger partial charge in [0, 0.05) is 18.7 Å². The molecule has 7 heteroatoms. The van der Waals surface area contributed by atoms with Crippen LogP contribution in [0.15, 0.2) is 48.5 Å². The van der Waals surface area contributed by atoms with Crippen LogP contribution in [0.4, 0.5) is 21.7 Å². The number of halogens is 1. The van der Waals surface area contributed by atoms with Gasteiger partial charge in [-0.1, -0.05) is 12.1 Å². The van der Waals surface area contributed by atoms with Gasteiger partial charge in [0.1, 0.15) is 34.8 Å². The number of benzene rings is 2. The molecule has 27 heavy (non-hydrogen) atoms. The van der Waals surface area contributed by atoms with Crippen molar-refractivity contribution in [3.63, 3.8) is 0 Å². The van der Waals surface area contributed by atoms with Gasteiger partial charge in [-0.25, -0.2) is 14.4 Å². The largest absolute Gasteiger partial charge is 0.497 e. The van der Waals surface area contributed by atoms with Crippen LogP contribution in [0, 0.1) is 12.7 Å². The molecule has 0 fully saturated rings. The highest BCUT2D eigenvalue weighted by molar-refractivity contribution is 5.67. The molecule has 0 unspecified atom stereocenters. The maximum Gasteiger partial charge on any atom is 0.146 e. The minimum atomic E-state index is -0.253. The van der Waals surface area contributed by atoms with E-state index in [2.05, 4.69) is 20.6 Å². The van der Waals surface area contributed by atoms with Gasteiger partial charge >= 0.3 is 0 Å². The van der Waals surface area contributed by atoms with Crippen molar-refractivity contribution >= 4 is 17.3 Å². The zero-order valence-corrected chi connectivity index (χ0v) is 15.4. The van der Waals surface area contributed by atoms with Gasteiger partial charge in [-0.2, -0.15) is 0 Å². The number of aromatic nitrogens is 2. The molecule has 1 heterocycles. The van der Waals surface area contributed by atoms with Crippen molar-refractivity contribution in [2.45, 2.75) is 13.5 Å².